The second-order valence-corrected chi connectivity index (χ2v) is 12.7. The number of hydrogen-bond acceptors (Lipinski definition) is 6. The first-order valence-corrected chi connectivity index (χ1v) is 15.4. The molecule has 0 aliphatic heterocycles. The summed E-state index contributed by atoms with van der Waals surface area (Å²) < 4.78 is 6.05. The number of rotatable bonds is 6. The fourth-order valence-corrected chi connectivity index (χ4v) is 7.85. The van der Waals surface area contributed by atoms with Crippen molar-refractivity contribution in [3.05, 3.63) is 93.5 Å². The molecule has 3 atom stereocenters. The van der Waals surface area contributed by atoms with Crippen molar-refractivity contribution in [1.82, 2.24) is 0 Å². The molecular weight excluding hydrogens is 518 g/mol. The van der Waals surface area contributed by atoms with Gasteiger partial charge in [0.2, 0.25) is 0 Å². The number of ketones is 2. The molecule has 3 aliphatic rings. The summed E-state index contributed by atoms with van der Waals surface area (Å²) in [4.78, 5) is 41.6. The smallest absolute Gasteiger partial charge is 0.340 e. The molecule has 3 aromatic rings. The number of nitrogen functional groups attached to an aromatic ring is 1. The summed E-state index contributed by atoms with van der Waals surface area (Å²) in [7, 11) is 0. The maximum Gasteiger partial charge on any atom is 0.340 e. The fourth-order valence-electron chi connectivity index (χ4n) is 6.75. The van der Waals surface area contributed by atoms with Gasteiger partial charge in [0.15, 0.2) is 11.6 Å². The van der Waals surface area contributed by atoms with E-state index in [4.69, 9.17) is 10.5 Å². The van der Waals surface area contributed by atoms with Gasteiger partial charge in [0, 0.05) is 27.3 Å². The number of nitrogens with two attached hydrogens (primary N) is 1. The van der Waals surface area contributed by atoms with Gasteiger partial charge in [-0.25, -0.2) is 4.79 Å². The molecule has 40 heavy (non-hydrogen) atoms. The molecule has 0 spiro atoms. The van der Waals surface area contributed by atoms with Gasteiger partial charge in [0.05, 0.1) is 16.8 Å². The number of thioether (sulfide) groups is 1. The van der Waals surface area contributed by atoms with Gasteiger partial charge < -0.3 is 10.5 Å². The molecule has 3 aromatic carbocycles. The largest absolute Gasteiger partial charge is 0.459 e. The average Bonchev–Trinajstić information content (AvgIpc) is 2.97. The number of carbonyl (C=O) groups excluding carboxylic acids is 3. The molecule has 6 rings (SSSR count). The third-order valence-electron chi connectivity index (χ3n) is 8.96. The maximum absolute atomic E-state index is 13.7. The van der Waals surface area contributed by atoms with Crippen molar-refractivity contribution in [1.29, 1.82) is 0 Å². The Hall–Kier alpha value is -3.38. The third-order valence-corrected chi connectivity index (χ3v) is 10.00. The van der Waals surface area contributed by atoms with E-state index in [0.717, 1.165) is 31.6 Å². The quantitative estimate of drug-likeness (QED) is 0.154. The topological polar surface area (TPSA) is 86.5 Å². The molecule has 206 valence electrons. The molecular formula is C34H35NO4S. The van der Waals surface area contributed by atoms with Gasteiger partial charge in [-0.2, -0.15) is 0 Å². The van der Waals surface area contributed by atoms with Crippen molar-refractivity contribution >= 4 is 35.0 Å². The number of anilines is 1. The zero-order valence-corrected chi connectivity index (χ0v) is 23.7. The lowest BCUT2D eigenvalue weighted by molar-refractivity contribution is -0.000862. The summed E-state index contributed by atoms with van der Waals surface area (Å²) in [6, 6.07) is 16.9. The van der Waals surface area contributed by atoms with Gasteiger partial charge in [-0.1, -0.05) is 79.8 Å². The molecule has 0 saturated heterocycles. The van der Waals surface area contributed by atoms with E-state index in [1.807, 2.05) is 0 Å². The molecule has 0 amide bonds. The summed E-state index contributed by atoms with van der Waals surface area (Å²) in [5, 5.41) is 0. The lowest BCUT2D eigenvalue weighted by Crippen LogP contribution is -2.33. The Morgan fingerprint density at radius 2 is 1.57 bits per heavy atom. The molecule has 3 unspecified atom stereocenters. The van der Waals surface area contributed by atoms with E-state index < -0.39 is 5.97 Å². The van der Waals surface area contributed by atoms with Crippen molar-refractivity contribution in [2.45, 2.75) is 69.3 Å². The van der Waals surface area contributed by atoms with Crippen LogP contribution in [0.25, 0.3) is 0 Å². The summed E-state index contributed by atoms with van der Waals surface area (Å²) in [5.74, 6) is 0.996. The highest BCUT2D eigenvalue weighted by molar-refractivity contribution is 7.99. The minimum absolute atomic E-state index is 0.0436. The van der Waals surface area contributed by atoms with Crippen molar-refractivity contribution in [3.63, 3.8) is 0 Å². The van der Waals surface area contributed by atoms with Crippen LogP contribution in [-0.2, 0) is 11.2 Å². The monoisotopic (exact) mass is 553 g/mol. The van der Waals surface area contributed by atoms with Crippen LogP contribution in [0.4, 0.5) is 5.69 Å². The first-order chi connectivity index (χ1) is 19.4. The average molecular weight is 554 g/mol. The van der Waals surface area contributed by atoms with Crippen LogP contribution >= 0.6 is 11.8 Å². The van der Waals surface area contributed by atoms with Crippen LogP contribution in [0.5, 0.6) is 0 Å². The minimum Gasteiger partial charge on any atom is -0.459 e. The molecule has 0 bridgehead atoms. The molecule has 2 N–H and O–H groups in total. The van der Waals surface area contributed by atoms with E-state index in [1.54, 1.807) is 30.3 Å². The number of fused-ring (bicyclic) bond motifs is 3. The van der Waals surface area contributed by atoms with E-state index in [9.17, 15) is 14.4 Å². The van der Waals surface area contributed by atoms with Gasteiger partial charge >= 0.3 is 5.97 Å². The predicted molar refractivity (Wildman–Crippen MR) is 158 cm³/mol. The van der Waals surface area contributed by atoms with Crippen LogP contribution in [0.2, 0.25) is 0 Å². The van der Waals surface area contributed by atoms with Crippen molar-refractivity contribution in [3.8, 4) is 0 Å². The van der Waals surface area contributed by atoms with Crippen LogP contribution < -0.4 is 5.73 Å². The van der Waals surface area contributed by atoms with Crippen LogP contribution in [0.3, 0.4) is 0 Å². The second-order valence-electron chi connectivity index (χ2n) is 11.5. The Morgan fingerprint density at radius 3 is 2.30 bits per heavy atom. The molecule has 3 aliphatic carbocycles. The summed E-state index contributed by atoms with van der Waals surface area (Å²) in [6.07, 6.45) is 8.53. The lowest BCUT2D eigenvalue weighted by Gasteiger charge is -2.38. The Morgan fingerprint density at radius 1 is 0.900 bits per heavy atom. The molecule has 0 heterocycles. The predicted octanol–water partition coefficient (Wildman–Crippen LogP) is 7.20. The highest BCUT2D eigenvalue weighted by Gasteiger charge is 2.37. The summed E-state index contributed by atoms with van der Waals surface area (Å²) >= 11 is 1.48. The maximum atomic E-state index is 13.7. The van der Waals surface area contributed by atoms with Crippen molar-refractivity contribution in [2.75, 3.05) is 11.5 Å². The Balaban J connectivity index is 1.31. The molecule has 2 saturated carbocycles. The molecule has 5 nitrogen and oxygen atoms in total. The zero-order valence-electron chi connectivity index (χ0n) is 22.9. The molecule has 0 aromatic heterocycles. The lowest BCUT2D eigenvalue weighted by atomic mass is 9.70. The van der Waals surface area contributed by atoms with Gasteiger partial charge in [-0.3, -0.25) is 9.59 Å². The SMILES string of the molecule is Cc1ccc(CCSc2cc(C(=O)OC3CCC4CCCCC4C3)c(N)c3c2C(=O)c2ccccc2C3=O)cc1. The van der Waals surface area contributed by atoms with E-state index in [1.165, 1.54) is 48.6 Å². The Labute approximate surface area is 239 Å². The van der Waals surface area contributed by atoms with Crippen molar-refractivity contribution < 1.29 is 19.1 Å². The van der Waals surface area contributed by atoms with Crippen molar-refractivity contribution in [2.24, 2.45) is 11.8 Å². The van der Waals surface area contributed by atoms with Crippen LogP contribution in [-0.4, -0.2) is 29.4 Å². The first-order valence-electron chi connectivity index (χ1n) is 14.4. The molecule has 2 fully saturated rings. The van der Waals surface area contributed by atoms with E-state index in [-0.39, 0.29) is 34.5 Å². The number of carbonyl (C=O) groups is 3. The highest BCUT2D eigenvalue weighted by Crippen LogP contribution is 2.43. The standard InChI is InChI=1S/C34H35NO4S/c1-20-10-12-21(13-11-20)16-17-40-28-19-27(34(38)39-24-15-14-22-6-2-3-7-23(22)18-24)31(35)30-29(28)32(36)25-8-4-5-9-26(25)33(30)37/h4-5,8-13,19,22-24H,2-3,6-7,14-18,35H2,1H3. The zero-order chi connectivity index (χ0) is 27.8. The van der Waals surface area contributed by atoms with E-state index in [0.29, 0.717) is 33.3 Å². The number of aryl methyl sites for hydroxylation is 2. The van der Waals surface area contributed by atoms with Crippen LogP contribution in [0.15, 0.2) is 59.5 Å². The van der Waals surface area contributed by atoms with Crippen LogP contribution in [0.1, 0.15) is 98.3 Å². The number of benzene rings is 3. The fraction of sp³-hybridized carbons (Fsp3) is 0.382. The first kappa shape index (κ1) is 26.8. The third kappa shape index (κ3) is 5.10. The normalized spacial score (nSPS) is 21.8. The van der Waals surface area contributed by atoms with Crippen LogP contribution in [0, 0.1) is 18.8 Å². The second kappa shape index (κ2) is 11.2. The molecule has 0 radical (unpaired) electrons. The summed E-state index contributed by atoms with van der Waals surface area (Å²) in [6.45, 7) is 2.06. The number of hydrogen-bond donors (Lipinski definition) is 1. The highest BCUT2D eigenvalue weighted by atomic mass is 32.2. The number of ether oxygens (including phenoxy) is 1. The van der Waals surface area contributed by atoms with E-state index >= 15 is 0 Å². The van der Waals surface area contributed by atoms with Gasteiger partial charge in [-0.05, 0) is 56.1 Å². The van der Waals surface area contributed by atoms with Gasteiger partial charge in [-0.15, -0.1) is 11.8 Å². The van der Waals surface area contributed by atoms with Gasteiger partial charge in [0.1, 0.15) is 6.10 Å². The number of esters is 1. The molecule has 6 heteroatoms. The van der Waals surface area contributed by atoms with E-state index in [2.05, 4.69) is 31.2 Å². The minimum atomic E-state index is -0.501. The Bertz CT molecular complexity index is 1480. The summed E-state index contributed by atoms with van der Waals surface area (Å²) in [5.41, 5.74) is 10.3. The Kier molecular flexibility index (Phi) is 7.54. The van der Waals surface area contributed by atoms with Gasteiger partial charge in [0.25, 0.3) is 0 Å².